The lowest BCUT2D eigenvalue weighted by Gasteiger charge is -2.29. The summed E-state index contributed by atoms with van der Waals surface area (Å²) in [5.74, 6) is -2.04. The topological polar surface area (TPSA) is 69.7 Å². The first kappa shape index (κ1) is 21.1. The molecule has 0 unspecified atom stereocenters. The number of nitrogens with one attached hydrogen (secondary N) is 1. The largest absolute Gasteiger partial charge is 0.369 e. The minimum Gasteiger partial charge on any atom is -0.369 e. The third-order valence-corrected chi connectivity index (χ3v) is 5.97. The van der Waals surface area contributed by atoms with Crippen LogP contribution in [-0.4, -0.2) is 30.9 Å². The van der Waals surface area contributed by atoms with Crippen LogP contribution in [0.1, 0.15) is 30.4 Å². The van der Waals surface area contributed by atoms with Gasteiger partial charge in [0, 0.05) is 18.1 Å². The van der Waals surface area contributed by atoms with Gasteiger partial charge in [-0.1, -0.05) is 23.7 Å². The Morgan fingerprint density at radius 3 is 2.48 bits per heavy atom. The van der Waals surface area contributed by atoms with Crippen molar-refractivity contribution in [2.24, 2.45) is 0 Å². The van der Waals surface area contributed by atoms with Gasteiger partial charge in [0.05, 0.1) is 11.4 Å². The average Bonchev–Trinajstić information content (AvgIpc) is 2.75. The molecule has 0 aromatic heterocycles. The van der Waals surface area contributed by atoms with Crippen LogP contribution in [-0.2, 0) is 9.59 Å². The van der Waals surface area contributed by atoms with Gasteiger partial charge in [-0.2, -0.15) is 0 Å². The number of carbonyl (C=O) groups is 3. The second kappa shape index (κ2) is 8.51. The average molecular weight is 442 g/mol. The summed E-state index contributed by atoms with van der Waals surface area (Å²) in [6, 6.07) is 8.57. The van der Waals surface area contributed by atoms with Crippen molar-refractivity contribution in [1.82, 2.24) is 5.32 Å². The lowest BCUT2D eigenvalue weighted by atomic mass is 10.0. The maximum Gasteiger partial charge on any atom is 0.335 e. The van der Waals surface area contributed by atoms with Crippen molar-refractivity contribution in [2.75, 3.05) is 22.9 Å². The summed E-state index contributed by atoms with van der Waals surface area (Å²) in [5.41, 5.74) is 1.41. The van der Waals surface area contributed by atoms with Gasteiger partial charge in [-0.25, -0.2) is 14.1 Å². The van der Waals surface area contributed by atoms with Gasteiger partial charge < -0.3 is 4.90 Å². The first-order valence-electron chi connectivity index (χ1n) is 10.1. The van der Waals surface area contributed by atoms with E-state index in [-0.39, 0.29) is 11.3 Å². The molecule has 0 saturated carbocycles. The van der Waals surface area contributed by atoms with Crippen LogP contribution in [0, 0.1) is 12.7 Å². The Morgan fingerprint density at radius 1 is 1.03 bits per heavy atom. The molecule has 160 valence electrons. The van der Waals surface area contributed by atoms with Crippen LogP contribution in [0.2, 0.25) is 5.02 Å². The number of rotatable bonds is 3. The highest BCUT2D eigenvalue weighted by Crippen LogP contribution is 2.30. The molecule has 0 bridgehead atoms. The van der Waals surface area contributed by atoms with E-state index < -0.39 is 23.7 Å². The fraction of sp³-hybridized carbons (Fsp3) is 0.261. The van der Waals surface area contributed by atoms with Crippen LogP contribution in [0.3, 0.4) is 0 Å². The van der Waals surface area contributed by atoms with Crippen molar-refractivity contribution < 1.29 is 18.8 Å². The molecule has 2 aliphatic rings. The van der Waals surface area contributed by atoms with Gasteiger partial charge in [0.25, 0.3) is 11.8 Å². The number of barbiturate groups is 1. The normalized spacial score (nSPS) is 18.5. The lowest BCUT2D eigenvalue weighted by Crippen LogP contribution is -2.54. The third kappa shape index (κ3) is 4.05. The minimum absolute atomic E-state index is 0.260. The number of amides is 4. The number of urea groups is 1. The molecule has 0 aliphatic carbocycles. The number of halogens is 2. The number of hydrogen-bond donors (Lipinski definition) is 1. The van der Waals surface area contributed by atoms with Crippen LogP contribution in [0.15, 0.2) is 42.0 Å². The van der Waals surface area contributed by atoms with E-state index >= 15 is 0 Å². The molecule has 2 saturated heterocycles. The molecule has 0 atom stereocenters. The first-order valence-corrected chi connectivity index (χ1v) is 10.5. The summed E-state index contributed by atoms with van der Waals surface area (Å²) < 4.78 is 14.7. The van der Waals surface area contributed by atoms with Crippen LogP contribution in [0.4, 0.5) is 20.6 Å². The summed E-state index contributed by atoms with van der Waals surface area (Å²) in [6.07, 6.45) is 4.47. The van der Waals surface area contributed by atoms with E-state index in [0.717, 1.165) is 37.3 Å². The number of nitrogens with zero attached hydrogens (tertiary/aromatic N) is 2. The molecular formula is C23H21ClFN3O3. The SMILES string of the molecule is Cc1c(Cl)cccc1N1C(=O)NC(=O)/C(=C\c2ccc(N3CCCCC3)c(F)c2)C1=O. The summed E-state index contributed by atoms with van der Waals surface area (Å²) in [6.45, 7) is 3.27. The summed E-state index contributed by atoms with van der Waals surface area (Å²) >= 11 is 6.12. The predicted molar refractivity (Wildman–Crippen MR) is 118 cm³/mol. The first-order chi connectivity index (χ1) is 14.9. The van der Waals surface area contributed by atoms with E-state index in [9.17, 15) is 18.8 Å². The highest BCUT2D eigenvalue weighted by Gasteiger charge is 2.37. The van der Waals surface area contributed by atoms with E-state index in [4.69, 9.17) is 11.6 Å². The van der Waals surface area contributed by atoms with Crippen molar-refractivity contribution in [3.05, 3.63) is 63.9 Å². The van der Waals surface area contributed by atoms with E-state index in [2.05, 4.69) is 5.32 Å². The number of carbonyl (C=O) groups excluding carboxylic acids is 3. The van der Waals surface area contributed by atoms with Gasteiger partial charge >= 0.3 is 6.03 Å². The molecule has 4 rings (SSSR count). The molecule has 1 N–H and O–H groups in total. The molecule has 2 aromatic carbocycles. The van der Waals surface area contributed by atoms with E-state index in [1.54, 1.807) is 37.3 Å². The van der Waals surface area contributed by atoms with E-state index in [0.29, 0.717) is 21.8 Å². The monoisotopic (exact) mass is 441 g/mol. The zero-order valence-electron chi connectivity index (χ0n) is 17.0. The van der Waals surface area contributed by atoms with Crippen LogP contribution < -0.4 is 15.1 Å². The highest BCUT2D eigenvalue weighted by atomic mass is 35.5. The zero-order chi connectivity index (χ0) is 22.1. The molecule has 2 heterocycles. The molecular weight excluding hydrogens is 421 g/mol. The molecule has 2 aliphatic heterocycles. The molecule has 2 aromatic rings. The minimum atomic E-state index is -0.857. The van der Waals surface area contributed by atoms with Gasteiger partial charge in [0.2, 0.25) is 0 Å². The summed E-state index contributed by atoms with van der Waals surface area (Å²) in [4.78, 5) is 40.7. The zero-order valence-corrected chi connectivity index (χ0v) is 17.7. The van der Waals surface area contributed by atoms with Crippen molar-refractivity contribution in [3.8, 4) is 0 Å². The highest BCUT2D eigenvalue weighted by molar-refractivity contribution is 6.39. The molecule has 8 heteroatoms. The number of imide groups is 2. The van der Waals surface area contributed by atoms with Gasteiger partial charge in [-0.05, 0) is 67.7 Å². The predicted octanol–water partition coefficient (Wildman–Crippen LogP) is 4.44. The van der Waals surface area contributed by atoms with Crippen LogP contribution >= 0.6 is 11.6 Å². The maximum atomic E-state index is 14.7. The van der Waals surface area contributed by atoms with Gasteiger partial charge in [-0.15, -0.1) is 0 Å². The molecule has 2 fully saturated rings. The van der Waals surface area contributed by atoms with Crippen molar-refractivity contribution in [3.63, 3.8) is 0 Å². The Bertz CT molecular complexity index is 1110. The lowest BCUT2D eigenvalue weighted by molar-refractivity contribution is -0.122. The third-order valence-electron chi connectivity index (χ3n) is 5.56. The van der Waals surface area contributed by atoms with Crippen molar-refractivity contribution >= 4 is 46.9 Å². The van der Waals surface area contributed by atoms with Crippen molar-refractivity contribution in [2.45, 2.75) is 26.2 Å². The van der Waals surface area contributed by atoms with E-state index in [1.165, 1.54) is 12.1 Å². The summed E-state index contributed by atoms with van der Waals surface area (Å²) in [5, 5.41) is 2.55. The Hall–Kier alpha value is -3.19. The van der Waals surface area contributed by atoms with Gasteiger partial charge in [-0.3, -0.25) is 14.9 Å². The number of hydrogen-bond acceptors (Lipinski definition) is 4. The molecule has 0 radical (unpaired) electrons. The molecule has 4 amide bonds. The summed E-state index contributed by atoms with van der Waals surface area (Å²) in [7, 11) is 0. The quantitative estimate of drug-likeness (QED) is 0.564. The van der Waals surface area contributed by atoms with Gasteiger partial charge in [0.1, 0.15) is 11.4 Å². The Labute approximate surface area is 184 Å². The fourth-order valence-corrected chi connectivity index (χ4v) is 4.05. The second-order valence-corrected chi connectivity index (χ2v) is 8.01. The second-order valence-electron chi connectivity index (χ2n) is 7.60. The van der Waals surface area contributed by atoms with E-state index in [1.807, 2.05) is 4.90 Å². The fourth-order valence-electron chi connectivity index (χ4n) is 3.89. The number of anilines is 2. The molecule has 0 spiro atoms. The van der Waals surface area contributed by atoms with Crippen LogP contribution in [0.25, 0.3) is 6.08 Å². The maximum absolute atomic E-state index is 14.7. The smallest absolute Gasteiger partial charge is 0.335 e. The Kier molecular flexibility index (Phi) is 5.78. The van der Waals surface area contributed by atoms with Gasteiger partial charge in [0.15, 0.2) is 0 Å². The number of piperidine rings is 1. The molecule has 31 heavy (non-hydrogen) atoms. The van der Waals surface area contributed by atoms with Crippen molar-refractivity contribution in [1.29, 1.82) is 0 Å². The molecule has 6 nitrogen and oxygen atoms in total. The standard InChI is InChI=1S/C23H21ClFN3O3/c1-14-17(24)6-5-7-19(14)28-22(30)16(21(29)26-23(28)31)12-15-8-9-20(18(25)13-15)27-10-3-2-4-11-27/h5-9,12-13H,2-4,10-11H2,1H3,(H,26,29,31)/b16-12+. The number of benzene rings is 2. The van der Waals surface area contributed by atoms with Crippen LogP contribution in [0.5, 0.6) is 0 Å². The Morgan fingerprint density at radius 2 is 1.77 bits per heavy atom. The Balaban J connectivity index is 1.67.